The fraction of sp³-hybridized carbons (Fsp3) is 0.833. The Bertz CT molecular complexity index is 128. The third kappa shape index (κ3) is 4.49. The Balaban J connectivity index is 3.81. The van der Waals surface area contributed by atoms with Crippen LogP contribution in [0.15, 0.2) is 0 Å². The molecule has 0 aromatic carbocycles. The topological polar surface area (TPSA) is 32.3 Å². The van der Waals surface area contributed by atoms with Gasteiger partial charge >= 0.3 is 6.03 Å². The molecular formula is C6H14N2OS. The van der Waals surface area contributed by atoms with E-state index in [1.165, 1.54) is 4.90 Å². The number of rotatable bonds is 1. The van der Waals surface area contributed by atoms with E-state index in [1.54, 1.807) is 14.1 Å². The average Bonchev–Trinajstić information content (AvgIpc) is 1.60. The lowest BCUT2D eigenvalue weighted by Crippen LogP contribution is -2.44. The van der Waals surface area contributed by atoms with Gasteiger partial charge in [-0.05, 0) is 13.8 Å². The molecule has 0 radical (unpaired) electrons. The molecule has 0 saturated heterocycles. The van der Waals surface area contributed by atoms with Crippen LogP contribution in [-0.2, 0) is 0 Å². The van der Waals surface area contributed by atoms with Crippen molar-refractivity contribution in [1.29, 1.82) is 0 Å². The van der Waals surface area contributed by atoms with Crippen molar-refractivity contribution in [3.63, 3.8) is 0 Å². The van der Waals surface area contributed by atoms with Gasteiger partial charge in [-0.2, -0.15) is 12.6 Å². The summed E-state index contributed by atoms with van der Waals surface area (Å²) in [6.45, 7) is 3.63. The number of nitrogens with one attached hydrogen (secondary N) is 1. The maximum absolute atomic E-state index is 10.9. The zero-order valence-electron chi connectivity index (χ0n) is 6.80. The van der Waals surface area contributed by atoms with E-state index in [0.717, 1.165) is 0 Å². The molecule has 4 heteroatoms. The summed E-state index contributed by atoms with van der Waals surface area (Å²) in [7, 11) is 3.38. The molecule has 0 aliphatic carbocycles. The second kappa shape index (κ2) is 3.14. The first-order valence-electron chi connectivity index (χ1n) is 3.05. The van der Waals surface area contributed by atoms with E-state index < -0.39 is 4.87 Å². The summed E-state index contributed by atoms with van der Waals surface area (Å²) in [6, 6.07) is -0.125. The average molecular weight is 162 g/mol. The normalized spacial score (nSPS) is 10.9. The Morgan fingerprint density at radius 3 is 2.00 bits per heavy atom. The molecule has 0 aromatic heterocycles. The second-order valence-corrected chi connectivity index (χ2v) is 4.00. The fourth-order valence-corrected chi connectivity index (χ4v) is 0.469. The van der Waals surface area contributed by atoms with E-state index in [9.17, 15) is 4.79 Å². The first kappa shape index (κ1) is 9.62. The van der Waals surface area contributed by atoms with Crippen LogP contribution >= 0.6 is 12.6 Å². The second-order valence-electron chi connectivity index (χ2n) is 2.88. The molecule has 0 fully saturated rings. The summed E-state index contributed by atoms with van der Waals surface area (Å²) in [5.74, 6) is 0. The maximum Gasteiger partial charge on any atom is 0.317 e. The highest BCUT2D eigenvalue weighted by atomic mass is 32.1. The predicted octanol–water partition coefficient (Wildman–Crippen LogP) is 0.923. The molecule has 3 nitrogen and oxygen atoms in total. The molecule has 0 aliphatic heterocycles. The number of amides is 2. The first-order chi connectivity index (χ1) is 4.33. The standard InChI is InChI=1S/C6H14N2OS/c1-6(2,10)7-5(9)8(3)4/h10H,1-4H3,(H,7,9). The van der Waals surface area contributed by atoms with Crippen LogP contribution in [-0.4, -0.2) is 29.9 Å². The molecular weight excluding hydrogens is 148 g/mol. The van der Waals surface area contributed by atoms with Gasteiger partial charge in [0.15, 0.2) is 0 Å². The summed E-state index contributed by atoms with van der Waals surface area (Å²) in [5, 5.41) is 2.67. The lowest BCUT2D eigenvalue weighted by molar-refractivity contribution is 0.213. The van der Waals surface area contributed by atoms with E-state index >= 15 is 0 Å². The first-order valence-corrected chi connectivity index (χ1v) is 3.49. The highest BCUT2D eigenvalue weighted by Crippen LogP contribution is 2.06. The number of nitrogens with zero attached hydrogens (tertiary/aromatic N) is 1. The van der Waals surface area contributed by atoms with Gasteiger partial charge in [-0.25, -0.2) is 4.79 Å². The number of urea groups is 1. The summed E-state index contributed by atoms with van der Waals surface area (Å²) >= 11 is 4.13. The van der Waals surface area contributed by atoms with Gasteiger partial charge in [-0.15, -0.1) is 0 Å². The lowest BCUT2D eigenvalue weighted by atomic mass is 10.4. The van der Waals surface area contributed by atoms with Crippen molar-refractivity contribution >= 4 is 18.7 Å². The summed E-state index contributed by atoms with van der Waals surface area (Å²) in [4.78, 5) is 12.0. The van der Waals surface area contributed by atoms with Gasteiger partial charge in [0.25, 0.3) is 0 Å². The molecule has 2 amide bonds. The minimum absolute atomic E-state index is 0.125. The minimum atomic E-state index is -0.443. The molecule has 0 aliphatic rings. The van der Waals surface area contributed by atoms with Crippen molar-refractivity contribution in [3.8, 4) is 0 Å². The van der Waals surface area contributed by atoms with E-state index in [1.807, 2.05) is 13.8 Å². The van der Waals surface area contributed by atoms with E-state index in [2.05, 4.69) is 17.9 Å². The minimum Gasteiger partial charge on any atom is -0.331 e. The van der Waals surface area contributed by atoms with Gasteiger partial charge in [0.1, 0.15) is 0 Å². The quantitative estimate of drug-likeness (QED) is 0.436. The molecule has 0 saturated carbocycles. The molecule has 0 bridgehead atoms. The number of carbonyl (C=O) groups excluding carboxylic acids is 1. The van der Waals surface area contributed by atoms with Crippen molar-refractivity contribution in [2.75, 3.05) is 14.1 Å². The molecule has 60 valence electrons. The van der Waals surface area contributed by atoms with Crippen molar-refractivity contribution in [1.82, 2.24) is 10.2 Å². The Hall–Kier alpha value is -0.380. The van der Waals surface area contributed by atoms with Crippen LogP contribution in [0.5, 0.6) is 0 Å². The van der Waals surface area contributed by atoms with Crippen LogP contribution in [0.2, 0.25) is 0 Å². The SMILES string of the molecule is CN(C)C(=O)NC(C)(C)S. The van der Waals surface area contributed by atoms with Crippen LogP contribution in [0, 0.1) is 0 Å². The van der Waals surface area contributed by atoms with Crippen molar-refractivity contribution in [3.05, 3.63) is 0 Å². The molecule has 1 N–H and O–H groups in total. The molecule has 0 aromatic rings. The lowest BCUT2D eigenvalue weighted by Gasteiger charge is -2.22. The maximum atomic E-state index is 10.9. The molecule has 0 heterocycles. The van der Waals surface area contributed by atoms with Crippen LogP contribution in [0.25, 0.3) is 0 Å². The van der Waals surface area contributed by atoms with Crippen molar-refractivity contribution < 1.29 is 4.79 Å². The van der Waals surface area contributed by atoms with E-state index in [0.29, 0.717) is 0 Å². The summed E-state index contributed by atoms with van der Waals surface area (Å²) in [6.07, 6.45) is 0. The zero-order valence-corrected chi connectivity index (χ0v) is 7.70. The van der Waals surface area contributed by atoms with E-state index in [-0.39, 0.29) is 6.03 Å². The highest BCUT2D eigenvalue weighted by molar-refractivity contribution is 7.81. The molecule has 0 rings (SSSR count). The van der Waals surface area contributed by atoms with E-state index in [4.69, 9.17) is 0 Å². The number of carbonyl (C=O) groups is 1. The smallest absolute Gasteiger partial charge is 0.317 e. The number of hydrogen-bond acceptors (Lipinski definition) is 2. The van der Waals surface area contributed by atoms with Gasteiger partial charge in [-0.1, -0.05) is 0 Å². The van der Waals surface area contributed by atoms with Gasteiger partial charge in [0, 0.05) is 14.1 Å². The monoisotopic (exact) mass is 162 g/mol. The van der Waals surface area contributed by atoms with Crippen molar-refractivity contribution in [2.45, 2.75) is 18.7 Å². The third-order valence-corrected chi connectivity index (χ3v) is 0.931. The fourth-order valence-electron chi connectivity index (χ4n) is 0.373. The zero-order chi connectivity index (χ0) is 8.36. The van der Waals surface area contributed by atoms with Crippen LogP contribution in [0.4, 0.5) is 4.79 Å². The number of hydrogen-bond donors (Lipinski definition) is 2. The third-order valence-electron chi connectivity index (χ3n) is 0.819. The van der Waals surface area contributed by atoms with Crippen LogP contribution < -0.4 is 5.32 Å². The van der Waals surface area contributed by atoms with Crippen molar-refractivity contribution in [2.24, 2.45) is 0 Å². The Labute approximate surface area is 67.2 Å². The largest absolute Gasteiger partial charge is 0.331 e. The summed E-state index contributed by atoms with van der Waals surface area (Å²) in [5.41, 5.74) is 0. The van der Waals surface area contributed by atoms with Gasteiger partial charge in [0.05, 0.1) is 4.87 Å². The predicted molar refractivity (Wildman–Crippen MR) is 45.3 cm³/mol. The molecule has 0 atom stereocenters. The Morgan fingerprint density at radius 1 is 1.50 bits per heavy atom. The molecule has 0 spiro atoms. The van der Waals surface area contributed by atoms with Gasteiger partial charge in [0.2, 0.25) is 0 Å². The molecule has 10 heavy (non-hydrogen) atoms. The molecule has 0 unspecified atom stereocenters. The highest BCUT2D eigenvalue weighted by Gasteiger charge is 2.14. The van der Waals surface area contributed by atoms with Crippen LogP contribution in [0.1, 0.15) is 13.8 Å². The Morgan fingerprint density at radius 2 is 1.90 bits per heavy atom. The van der Waals surface area contributed by atoms with Gasteiger partial charge < -0.3 is 10.2 Å². The summed E-state index contributed by atoms with van der Waals surface area (Å²) < 4.78 is 0. The Kier molecular flexibility index (Phi) is 3.02. The number of thiol groups is 1. The van der Waals surface area contributed by atoms with Crippen LogP contribution in [0.3, 0.4) is 0 Å². The van der Waals surface area contributed by atoms with Gasteiger partial charge in [-0.3, -0.25) is 0 Å².